The van der Waals surface area contributed by atoms with Crippen LogP contribution in [0.3, 0.4) is 0 Å². The largest absolute Gasteiger partial charge is 0.308 e. The summed E-state index contributed by atoms with van der Waals surface area (Å²) < 4.78 is 13.4. The van der Waals surface area contributed by atoms with Gasteiger partial charge in [0.05, 0.1) is 0 Å². The predicted molar refractivity (Wildman–Crippen MR) is 118 cm³/mol. The van der Waals surface area contributed by atoms with Gasteiger partial charge in [0, 0.05) is 26.2 Å². The fraction of sp³-hybridized carbons (Fsp3) is 0.500. The summed E-state index contributed by atoms with van der Waals surface area (Å²) in [5.74, 6) is -0.164. The molecule has 0 aliphatic rings. The number of rotatable bonds is 8. The number of hydrogen-bond acceptors (Lipinski definition) is 2. The third-order valence-corrected chi connectivity index (χ3v) is 3.96. The van der Waals surface area contributed by atoms with Crippen molar-refractivity contribution in [2.24, 2.45) is 0 Å². The molecule has 2 aromatic carbocycles. The molecular formula is C24H39FN2. The lowest BCUT2D eigenvalue weighted by atomic mass is 10.1. The molecule has 0 radical (unpaired) electrons. The lowest BCUT2D eigenvalue weighted by Crippen LogP contribution is -2.31. The SMILES string of the molecule is CC.CC.CCc1cccc(CN(CCN(C)C)Cc2cccc(F)c2)c1. The van der Waals surface area contributed by atoms with Crippen LogP contribution in [0.4, 0.5) is 4.39 Å². The van der Waals surface area contributed by atoms with E-state index >= 15 is 0 Å². The first-order valence-electron chi connectivity index (χ1n) is 10.3. The lowest BCUT2D eigenvalue weighted by Gasteiger charge is -2.24. The van der Waals surface area contributed by atoms with Gasteiger partial charge >= 0.3 is 0 Å². The number of hydrogen-bond donors (Lipinski definition) is 0. The van der Waals surface area contributed by atoms with E-state index in [-0.39, 0.29) is 5.82 Å². The summed E-state index contributed by atoms with van der Waals surface area (Å²) in [6.07, 6.45) is 1.05. The first-order chi connectivity index (χ1) is 13.1. The normalized spacial score (nSPS) is 10.1. The maximum absolute atomic E-state index is 13.4. The van der Waals surface area contributed by atoms with E-state index in [4.69, 9.17) is 0 Å². The van der Waals surface area contributed by atoms with E-state index in [1.165, 1.54) is 17.2 Å². The van der Waals surface area contributed by atoms with Gasteiger partial charge in [0.25, 0.3) is 0 Å². The van der Waals surface area contributed by atoms with Crippen LogP contribution >= 0.6 is 0 Å². The summed E-state index contributed by atoms with van der Waals surface area (Å²) in [7, 11) is 4.16. The summed E-state index contributed by atoms with van der Waals surface area (Å²) in [4.78, 5) is 4.56. The van der Waals surface area contributed by atoms with E-state index in [0.717, 1.165) is 38.2 Å². The van der Waals surface area contributed by atoms with Crippen molar-refractivity contribution >= 4 is 0 Å². The van der Waals surface area contributed by atoms with E-state index in [9.17, 15) is 4.39 Å². The zero-order chi connectivity index (χ0) is 20.7. The van der Waals surface area contributed by atoms with Crippen LogP contribution in [0.2, 0.25) is 0 Å². The fourth-order valence-corrected chi connectivity index (χ4v) is 2.66. The standard InChI is InChI=1S/C20H27FN2.2C2H6/c1-4-17-7-5-8-18(13-17)15-23(12-11-22(2)3)16-19-9-6-10-20(21)14-19;2*1-2/h5-10,13-14H,4,11-12,15-16H2,1-3H3;2*1-2H3. The molecule has 0 bridgehead atoms. The van der Waals surface area contributed by atoms with Crippen LogP contribution in [0.1, 0.15) is 51.3 Å². The summed E-state index contributed by atoms with van der Waals surface area (Å²) in [5.41, 5.74) is 3.70. The van der Waals surface area contributed by atoms with E-state index in [2.05, 4.69) is 55.1 Å². The van der Waals surface area contributed by atoms with Crippen LogP contribution in [0.25, 0.3) is 0 Å². The van der Waals surface area contributed by atoms with Crippen LogP contribution in [-0.2, 0) is 19.5 Å². The second-order valence-electron chi connectivity index (χ2n) is 6.32. The number of aryl methyl sites for hydroxylation is 1. The minimum Gasteiger partial charge on any atom is -0.308 e. The number of likely N-dealkylation sites (N-methyl/N-ethyl adjacent to an activating group) is 1. The Hall–Kier alpha value is -1.71. The number of nitrogens with zero attached hydrogens (tertiary/aromatic N) is 2. The second-order valence-corrected chi connectivity index (χ2v) is 6.32. The molecule has 0 saturated heterocycles. The van der Waals surface area contributed by atoms with Crippen molar-refractivity contribution in [1.82, 2.24) is 9.80 Å². The molecule has 2 nitrogen and oxygen atoms in total. The zero-order valence-electron chi connectivity index (χ0n) is 18.4. The minimum absolute atomic E-state index is 0.164. The maximum atomic E-state index is 13.4. The highest BCUT2D eigenvalue weighted by Crippen LogP contribution is 2.13. The van der Waals surface area contributed by atoms with Gasteiger partial charge in [-0.25, -0.2) is 4.39 Å². The van der Waals surface area contributed by atoms with Gasteiger partial charge in [-0.1, -0.05) is 71.0 Å². The Balaban J connectivity index is 0.00000158. The van der Waals surface area contributed by atoms with E-state index in [0.29, 0.717) is 0 Å². The molecule has 2 aromatic rings. The van der Waals surface area contributed by atoms with Crippen molar-refractivity contribution < 1.29 is 4.39 Å². The van der Waals surface area contributed by atoms with Crippen LogP contribution in [-0.4, -0.2) is 37.0 Å². The van der Waals surface area contributed by atoms with Crippen molar-refractivity contribution in [2.75, 3.05) is 27.2 Å². The molecule has 0 unspecified atom stereocenters. The molecule has 0 aliphatic carbocycles. The number of halogens is 1. The molecular weight excluding hydrogens is 335 g/mol. The minimum atomic E-state index is -0.164. The number of benzene rings is 2. The molecule has 2 rings (SSSR count). The molecule has 0 heterocycles. The average Bonchev–Trinajstić information content (AvgIpc) is 2.69. The summed E-state index contributed by atoms with van der Waals surface area (Å²) in [6, 6.07) is 15.6. The van der Waals surface area contributed by atoms with Gasteiger partial charge in [0.2, 0.25) is 0 Å². The summed E-state index contributed by atoms with van der Waals surface area (Å²) >= 11 is 0. The molecule has 0 aromatic heterocycles. The van der Waals surface area contributed by atoms with Gasteiger partial charge in [-0.15, -0.1) is 0 Å². The molecule has 0 fully saturated rings. The molecule has 0 aliphatic heterocycles. The van der Waals surface area contributed by atoms with Crippen molar-refractivity contribution in [3.63, 3.8) is 0 Å². The monoisotopic (exact) mass is 374 g/mol. The van der Waals surface area contributed by atoms with Crippen molar-refractivity contribution in [1.29, 1.82) is 0 Å². The van der Waals surface area contributed by atoms with E-state index in [1.54, 1.807) is 12.1 Å². The van der Waals surface area contributed by atoms with Crippen LogP contribution in [0.5, 0.6) is 0 Å². The molecule has 27 heavy (non-hydrogen) atoms. The van der Waals surface area contributed by atoms with E-state index < -0.39 is 0 Å². The third kappa shape index (κ3) is 10.9. The van der Waals surface area contributed by atoms with Gasteiger partial charge < -0.3 is 4.90 Å². The fourth-order valence-electron chi connectivity index (χ4n) is 2.66. The molecule has 0 atom stereocenters. The van der Waals surface area contributed by atoms with Crippen LogP contribution < -0.4 is 0 Å². The summed E-state index contributed by atoms with van der Waals surface area (Å²) in [5, 5.41) is 0. The lowest BCUT2D eigenvalue weighted by molar-refractivity contribution is 0.226. The topological polar surface area (TPSA) is 6.48 Å². The molecule has 152 valence electrons. The highest BCUT2D eigenvalue weighted by Gasteiger charge is 2.09. The first kappa shape index (κ1) is 25.3. The van der Waals surface area contributed by atoms with Crippen molar-refractivity contribution in [2.45, 2.75) is 54.1 Å². The van der Waals surface area contributed by atoms with Gasteiger partial charge in [0.15, 0.2) is 0 Å². The molecule has 0 saturated carbocycles. The Kier molecular flexibility index (Phi) is 14.4. The Bertz CT molecular complexity index is 611. The van der Waals surface area contributed by atoms with Crippen molar-refractivity contribution in [3.8, 4) is 0 Å². The van der Waals surface area contributed by atoms with E-state index in [1.807, 2.05) is 33.8 Å². The smallest absolute Gasteiger partial charge is 0.123 e. The van der Waals surface area contributed by atoms with Crippen molar-refractivity contribution in [3.05, 3.63) is 71.0 Å². The summed E-state index contributed by atoms with van der Waals surface area (Å²) in [6.45, 7) is 13.8. The predicted octanol–water partition coefficient (Wildman–Crippen LogP) is 6.00. The van der Waals surface area contributed by atoms with Gasteiger partial charge in [-0.05, 0) is 49.3 Å². The third-order valence-electron chi connectivity index (χ3n) is 3.96. The maximum Gasteiger partial charge on any atom is 0.123 e. The Morgan fingerprint density at radius 2 is 1.26 bits per heavy atom. The second kappa shape index (κ2) is 15.4. The average molecular weight is 375 g/mol. The molecule has 3 heteroatoms. The highest BCUT2D eigenvalue weighted by atomic mass is 19.1. The highest BCUT2D eigenvalue weighted by molar-refractivity contribution is 5.23. The van der Waals surface area contributed by atoms with Gasteiger partial charge in [-0.3, -0.25) is 4.90 Å². The van der Waals surface area contributed by atoms with Crippen LogP contribution in [0.15, 0.2) is 48.5 Å². The Morgan fingerprint density at radius 1 is 0.741 bits per heavy atom. The molecule has 0 spiro atoms. The zero-order valence-corrected chi connectivity index (χ0v) is 18.4. The molecule has 0 N–H and O–H groups in total. The van der Waals surface area contributed by atoms with Gasteiger partial charge in [-0.2, -0.15) is 0 Å². The first-order valence-corrected chi connectivity index (χ1v) is 10.3. The quantitative estimate of drug-likeness (QED) is 0.559. The molecule has 0 amide bonds. The Morgan fingerprint density at radius 3 is 1.78 bits per heavy atom. The Labute approximate surface area is 167 Å². The van der Waals surface area contributed by atoms with Gasteiger partial charge in [0.1, 0.15) is 5.82 Å². The van der Waals surface area contributed by atoms with Crippen LogP contribution in [0, 0.1) is 5.82 Å².